The maximum absolute atomic E-state index is 14.8. The van der Waals surface area contributed by atoms with Crippen molar-refractivity contribution in [2.24, 2.45) is 5.41 Å². The molecule has 4 heteroatoms. The lowest BCUT2D eigenvalue weighted by Gasteiger charge is -2.36. The van der Waals surface area contributed by atoms with Crippen LogP contribution in [-0.4, -0.2) is 10.6 Å². The quantitative estimate of drug-likeness (QED) is 0.623. The van der Waals surface area contributed by atoms with Crippen LogP contribution in [0.4, 0.5) is 0 Å². The summed E-state index contributed by atoms with van der Waals surface area (Å²) in [6.07, 6.45) is 1.27. The Balaban J connectivity index is 1.76. The second-order valence-corrected chi connectivity index (χ2v) is 10.7. The van der Waals surface area contributed by atoms with Crippen LogP contribution in [0.3, 0.4) is 0 Å². The van der Waals surface area contributed by atoms with Crippen molar-refractivity contribution < 1.29 is 9.36 Å². The zero-order valence-electron chi connectivity index (χ0n) is 15.8. The Morgan fingerprint density at radius 3 is 1.96 bits per heavy atom. The molecule has 2 aliphatic rings. The average Bonchev–Trinajstić information content (AvgIpc) is 3.15. The van der Waals surface area contributed by atoms with Crippen molar-refractivity contribution in [3.63, 3.8) is 0 Å². The monoisotopic (exact) mass is 387 g/mol. The second kappa shape index (κ2) is 6.18. The number of rotatable bonds is 3. The van der Waals surface area contributed by atoms with Crippen molar-refractivity contribution in [1.29, 1.82) is 0 Å². The number of fused-ring (bicyclic) bond motifs is 3. The molecular formula is C24H22NO2P. The number of benzene rings is 3. The fraction of sp³-hybridized carbons (Fsp3) is 0.208. The molecule has 1 heterocycles. The molecule has 1 saturated heterocycles. The van der Waals surface area contributed by atoms with Gasteiger partial charge in [0.1, 0.15) is 0 Å². The summed E-state index contributed by atoms with van der Waals surface area (Å²) in [4.78, 5) is 13.3. The Bertz CT molecular complexity index is 1050. The van der Waals surface area contributed by atoms with Crippen molar-refractivity contribution >= 4 is 23.8 Å². The van der Waals surface area contributed by atoms with Gasteiger partial charge in [-0.2, -0.15) is 0 Å². The summed E-state index contributed by atoms with van der Waals surface area (Å²) in [5.74, 6) is -0.0157. The minimum absolute atomic E-state index is 0.0157. The van der Waals surface area contributed by atoms with E-state index in [1.54, 1.807) is 4.67 Å². The third-order valence-electron chi connectivity index (χ3n) is 6.18. The third-order valence-corrected chi connectivity index (χ3v) is 9.23. The third kappa shape index (κ3) is 2.36. The van der Waals surface area contributed by atoms with E-state index in [0.717, 1.165) is 12.0 Å². The molecule has 0 unspecified atom stereocenters. The summed E-state index contributed by atoms with van der Waals surface area (Å²) in [6, 6.07) is 27.1. The van der Waals surface area contributed by atoms with Crippen LogP contribution in [0.5, 0.6) is 0 Å². The molecule has 1 fully saturated rings. The van der Waals surface area contributed by atoms with Crippen LogP contribution in [0.25, 0.3) is 0 Å². The van der Waals surface area contributed by atoms with E-state index in [2.05, 4.69) is 19.1 Å². The van der Waals surface area contributed by atoms with Gasteiger partial charge < -0.3 is 0 Å². The molecule has 0 saturated carbocycles. The molecule has 2 atom stereocenters. The maximum Gasteiger partial charge on any atom is 0.232 e. The van der Waals surface area contributed by atoms with Crippen molar-refractivity contribution in [1.82, 2.24) is 4.67 Å². The summed E-state index contributed by atoms with van der Waals surface area (Å²) < 4.78 is 16.6. The fourth-order valence-corrected chi connectivity index (χ4v) is 8.06. The Labute approximate surface area is 165 Å². The Kier molecular flexibility index (Phi) is 3.86. The number of hydrogen-bond acceptors (Lipinski definition) is 2. The van der Waals surface area contributed by atoms with Gasteiger partial charge in [0, 0.05) is 22.4 Å². The van der Waals surface area contributed by atoms with Crippen LogP contribution in [0, 0.1) is 5.41 Å². The molecule has 3 aromatic carbocycles. The van der Waals surface area contributed by atoms with E-state index < -0.39 is 7.29 Å². The molecule has 0 spiro atoms. The van der Waals surface area contributed by atoms with Gasteiger partial charge in [-0.25, -0.2) is 0 Å². The van der Waals surface area contributed by atoms with Crippen LogP contribution in [0.1, 0.15) is 30.5 Å². The SMILES string of the molecule is C[C@@]12CC(=O)N(P(=O)(c3ccccc3)c3ccccc3)[C@@H]1c1ccccc1C2. The van der Waals surface area contributed by atoms with Crippen LogP contribution in [-0.2, 0) is 15.8 Å². The highest BCUT2D eigenvalue weighted by Gasteiger charge is 2.59. The molecule has 1 aliphatic carbocycles. The average molecular weight is 387 g/mol. The van der Waals surface area contributed by atoms with Crippen LogP contribution < -0.4 is 10.6 Å². The highest BCUT2D eigenvalue weighted by molar-refractivity contribution is 7.77. The predicted octanol–water partition coefficient (Wildman–Crippen LogP) is 4.45. The van der Waals surface area contributed by atoms with Crippen molar-refractivity contribution in [2.45, 2.75) is 25.8 Å². The molecule has 1 aliphatic heterocycles. The fourth-order valence-electron chi connectivity index (χ4n) is 5.00. The Morgan fingerprint density at radius 2 is 1.36 bits per heavy atom. The first-order valence-electron chi connectivity index (χ1n) is 9.66. The van der Waals surface area contributed by atoms with Gasteiger partial charge >= 0.3 is 0 Å². The standard InChI is InChI=1S/C24H22NO2P/c1-24-16-18-10-8-9-15-21(18)23(24)25(22(26)17-24)28(27,19-11-4-2-5-12-19)20-13-6-3-7-14-20/h2-15,23H,16-17H2,1H3/t23-,24-/m1/s1. The summed E-state index contributed by atoms with van der Waals surface area (Å²) in [7, 11) is -3.31. The molecule has 3 aromatic rings. The van der Waals surface area contributed by atoms with Gasteiger partial charge in [-0.3, -0.25) is 14.0 Å². The van der Waals surface area contributed by atoms with Crippen LogP contribution >= 0.6 is 7.29 Å². The largest absolute Gasteiger partial charge is 0.290 e. The van der Waals surface area contributed by atoms with E-state index in [0.29, 0.717) is 17.0 Å². The number of hydrogen-bond donors (Lipinski definition) is 0. The van der Waals surface area contributed by atoms with Crippen LogP contribution in [0.15, 0.2) is 84.9 Å². The van der Waals surface area contributed by atoms with E-state index in [1.807, 2.05) is 72.8 Å². The predicted molar refractivity (Wildman–Crippen MR) is 112 cm³/mol. The number of nitrogens with zero attached hydrogens (tertiary/aromatic N) is 1. The first-order chi connectivity index (χ1) is 13.5. The lowest BCUT2D eigenvalue weighted by Crippen LogP contribution is -2.35. The first-order valence-corrected chi connectivity index (χ1v) is 11.3. The number of carbonyl (C=O) groups excluding carboxylic acids is 1. The van der Waals surface area contributed by atoms with Crippen LogP contribution in [0.2, 0.25) is 0 Å². The van der Waals surface area contributed by atoms with Crippen molar-refractivity contribution in [3.05, 3.63) is 96.1 Å². The molecule has 28 heavy (non-hydrogen) atoms. The Morgan fingerprint density at radius 1 is 0.821 bits per heavy atom. The van der Waals surface area contributed by atoms with E-state index in [9.17, 15) is 9.36 Å². The zero-order valence-corrected chi connectivity index (χ0v) is 16.7. The van der Waals surface area contributed by atoms with E-state index in [1.165, 1.54) is 5.56 Å². The number of amides is 1. The topological polar surface area (TPSA) is 37.4 Å². The van der Waals surface area contributed by atoms with Gasteiger partial charge in [-0.15, -0.1) is 0 Å². The maximum atomic E-state index is 14.8. The normalized spacial score (nSPS) is 23.5. The lowest BCUT2D eigenvalue weighted by molar-refractivity contribution is -0.124. The van der Waals surface area contributed by atoms with Gasteiger partial charge in [0.05, 0.1) is 6.04 Å². The minimum Gasteiger partial charge on any atom is -0.290 e. The second-order valence-electron chi connectivity index (χ2n) is 8.09. The molecule has 1 amide bonds. The van der Waals surface area contributed by atoms with Gasteiger partial charge in [0.25, 0.3) is 0 Å². The summed E-state index contributed by atoms with van der Waals surface area (Å²) in [6.45, 7) is 2.16. The zero-order chi connectivity index (χ0) is 19.4. The summed E-state index contributed by atoms with van der Waals surface area (Å²) in [5, 5.41) is 1.42. The molecule has 140 valence electrons. The van der Waals surface area contributed by atoms with Gasteiger partial charge in [0.2, 0.25) is 13.2 Å². The molecule has 0 bridgehead atoms. The summed E-state index contributed by atoms with van der Waals surface area (Å²) in [5.41, 5.74) is 2.18. The van der Waals surface area contributed by atoms with E-state index >= 15 is 0 Å². The van der Waals surface area contributed by atoms with E-state index in [-0.39, 0.29) is 17.4 Å². The lowest BCUT2D eigenvalue weighted by atomic mass is 9.83. The Hall–Kier alpha value is -2.64. The first kappa shape index (κ1) is 17.5. The number of carbonyl (C=O) groups is 1. The molecule has 0 aromatic heterocycles. The smallest absolute Gasteiger partial charge is 0.232 e. The highest BCUT2D eigenvalue weighted by atomic mass is 31.2. The molecule has 3 nitrogen and oxygen atoms in total. The molecule has 0 N–H and O–H groups in total. The van der Waals surface area contributed by atoms with Gasteiger partial charge in [0.15, 0.2) is 0 Å². The minimum atomic E-state index is -3.31. The highest BCUT2D eigenvalue weighted by Crippen LogP contribution is 2.65. The van der Waals surface area contributed by atoms with Gasteiger partial charge in [-0.05, 0) is 41.8 Å². The molecular weight excluding hydrogens is 365 g/mol. The van der Waals surface area contributed by atoms with Crippen molar-refractivity contribution in [2.75, 3.05) is 0 Å². The van der Waals surface area contributed by atoms with E-state index in [4.69, 9.17) is 0 Å². The van der Waals surface area contributed by atoms with Gasteiger partial charge in [-0.1, -0.05) is 67.6 Å². The molecule has 0 radical (unpaired) electrons. The molecule has 5 rings (SSSR count). The summed E-state index contributed by atoms with van der Waals surface area (Å²) >= 11 is 0. The van der Waals surface area contributed by atoms with Crippen molar-refractivity contribution in [3.8, 4) is 0 Å².